The number of hydrogen-bond acceptors (Lipinski definition) is 6. The average molecular weight is 444 g/mol. The van der Waals surface area contributed by atoms with Crippen LogP contribution in [-0.2, 0) is 4.74 Å². The number of nitro groups is 1. The lowest BCUT2D eigenvalue weighted by atomic mass is 10.0. The van der Waals surface area contributed by atoms with Crippen LogP contribution >= 0.6 is 11.8 Å². The molecule has 0 radical (unpaired) electrons. The molecule has 0 unspecified atom stereocenters. The van der Waals surface area contributed by atoms with Crippen LogP contribution in [0.5, 0.6) is 0 Å². The topological polar surface area (TPSA) is 93.0 Å². The molecule has 8 nitrogen and oxygen atoms in total. The highest BCUT2D eigenvalue weighted by molar-refractivity contribution is 7.99. The lowest BCUT2D eigenvalue weighted by Gasteiger charge is -2.34. The first-order chi connectivity index (χ1) is 14.8. The molecule has 1 fully saturated rings. The SMILES string of the molecule is COC(=O)N1CCN(C(=O)c2cc([N+](=O)[O-])ccc2Sc2ccc(C(C)C)cc2)CC1. The van der Waals surface area contributed by atoms with Gasteiger partial charge in [-0.25, -0.2) is 4.79 Å². The Bertz CT molecular complexity index is 970. The van der Waals surface area contributed by atoms with E-state index in [0.717, 1.165) is 4.90 Å². The summed E-state index contributed by atoms with van der Waals surface area (Å²) >= 11 is 1.40. The summed E-state index contributed by atoms with van der Waals surface area (Å²) < 4.78 is 4.73. The Labute approximate surface area is 185 Å². The van der Waals surface area contributed by atoms with Crippen molar-refractivity contribution >= 4 is 29.4 Å². The zero-order valence-electron chi connectivity index (χ0n) is 17.7. The molecule has 1 heterocycles. The van der Waals surface area contributed by atoms with Crippen molar-refractivity contribution in [1.29, 1.82) is 0 Å². The molecule has 0 aliphatic carbocycles. The van der Waals surface area contributed by atoms with Gasteiger partial charge in [-0.05, 0) is 29.7 Å². The average Bonchev–Trinajstić information content (AvgIpc) is 2.78. The molecule has 2 amide bonds. The molecule has 3 rings (SSSR count). The van der Waals surface area contributed by atoms with Gasteiger partial charge >= 0.3 is 6.09 Å². The maximum Gasteiger partial charge on any atom is 0.409 e. The minimum absolute atomic E-state index is 0.129. The monoisotopic (exact) mass is 443 g/mol. The lowest BCUT2D eigenvalue weighted by molar-refractivity contribution is -0.384. The van der Waals surface area contributed by atoms with Crippen LogP contribution in [0.1, 0.15) is 35.7 Å². The predicted octanol–water partition coefficient (Wildman–Crippen LogP) is 4.39. The number of nitrogens with zero attached hydrogens (tertiary/aromatic N) is 3. The van der Waals surface area contributed by atoms with Gasteiger partial charge in [-0.1, -0.05) is 37.7 Å². The first kappa shape index (κ1) is 22.6. The number of rotatable bonds is 5. The first-order valence-corrected chi connectivity index (χ1v) is 10.8. The normalized spacial score (nSPS) is 13.9. The first-order valence-electron chi connectivity index (χ1n) is 9.98. The summed E-state index contributed by atoms with van der Waals surface area (Å²) in [5.74, 6) is 0.133. The van der Waals surface area contributed by atoms with Crippen LogP contribution in [0.3, 0.4) is 0 Å². The number of amides is 2. The minimum Gasteiger partial charge on any atom is -0.453 e. The van der Waals surface area contributed by atoms with E-state index in [1.165, 1.54) is 41.5 Å². The van der Waals surface area contributed by atoms with Crippen LogP contribution in [0.15, 0.2) is 52.3 Å². The molecule has 2 aromatic carbocycles. The maximum absolute atomic E-state index is 13.2. The predicted molar refractivity (Wildman–Crippen MR) is 118 cm³/mol. The third-order valence-corrected chi connectivity index (χ3v) is 6.26. The van der Waals surface area contributed by atoms with Crippen molar-refractivity contribution in [2.75, 3.05) is 33.3 Å². The lowest BCUT2D eigenvalue weighted by Crippen LogP contribution is -2.50. The van der Waals surface area contributed by atoms with Gasteiger partial charge < -0.3 is 14.5 Å². The Morgan fingerprint density at radius 2 is 1.65 bits per heavy atom. The number of nitro benzene ring substituents is 1. The molecule has 0 spiro atoms. The quantitative estimate of drug-likeness (QED) is 0.502. The van der Waals surface area contributed by atoms with Gasteiger partial charge in [0.1, 0.15) is 0 Å². The molecular weight excluding hydrogens is 418 g/mol. The zero-order chi connectivity index (χ0) is 22.5. The van der Waals surface area contributed by atoms with E-state index >= 15 is 0 Å². The highest BCUT2D eigenvalue weighted by atomic mass is 32.2. The summed E-state index contributed by atoms with van der Waals surface area (Å²) in [4.78, 5) is 40.4. The second-order valence-electron chi connectivity index (χ2n) is 7.51. The van der Waals surface area contributed by atoms with Crippen LogP contribution in [0, 0.1) is 10.1 Å². The van der Waals surface area contributed by atoms with E-state index in [2.05, 4.69) is 13.8 Å². The van der Waals surface area contributed by atoms with Crippen molar-refractivity contribution in [3.8, 4) is 0 Å². The summed E-state index contributed by atoms with van der Waals surface area (Å²) in [7, 11) is 1.32. The highest BCUT2D eigenvalue weighted by Crippen LogP contribution is 2.34. The maximum atomic E-state index is 13.2. The van der Waals surface area contributed by atoms with E-state index in [1.807, 2.05) is 24.3 Å². The molecular formula is C22H25N3O5S. The second-order valence-corrected chi connectivity index (χ2v) is 8.63. The largest absolute Gasteiger partial charge is 0.453 e. The molecule has 0 N–H and O–H groups in total. The van der Waals surface area contributed by atoms with Gasteiger partial charge in [-0.15, -0.1) is 0 Å². The van der Waals surface area contributed by atoms with Crippen LogP contribution in [0.25, 0.3) is 0 Å². The third kappa shape index (κ3) is 5.35. The van der Waals surface area contributed by atoms with E-state index in [0.29, 0.717) is 42.6 Å². The number of non-ortho nitro benzene ring substituents is 1. The van der Waals surface area contributed by atoms with E-state index < -0.39 is 11.0 Å². The van der Waals surface area contributed by atoms with E-state index in [1.54, 1.807) is 11.0 Å². The zero-order valence-corrected chi connectivity index (χ0v) is 18.6. The molecule has 0 aromatic heterocycles. The van der Waals surface area contributed by atoms with Gasteiger partial charge in [0.25, 0.3) is 11.6 Å². The molecule has 1 aliphatic heterocycles. The van der Waals surface area contributed by atoms with Gasteiger partial charge in [0.15, 0.2) is 0 Å². The fourth-order valence-corrected chi connectivity index (χ4v) is 4.25. The van der Waals surface area contributed by atoms with Crippen LogP contribution in [0.2, 0.25) is 0 Å². The molecule has 31 heavy (non-hydrogen) atoms. The Hall–Kier alpha value is -3.07. The number of methoxy groups -OCH3 is 1. The van der Waals surface area contributed by atoms with Crippen molar-refractivity contribution in [2.24, 2.45) is 0 Å². The minimum atomic E-state index is -0.502. The summed E-state index contributed by atoms with van der Waals surface area (Å²) in [5, 5.41) is 11.3. The standard InChI is InChI=1S/C22H25N3O5S/c1-15(2)16-4-7-18(8-5-16)31-20-9-6-17(25(28)29)14-19(20)21(26)23-10-12-24(13-11-23)22(27)30-3/h4-9,14-15H,10-13H2,1-3H3. The summed E-state index contributed by atoms with van der Waals surface area (Å²) in [6.45, 7) is 5.62. The van der Waals surface area contributed by atoms with Gasteiger partial charge in [0, 0.05) is 48.1 Å². The van der Waals surface area contributed by atoms with Gasteiger partial charge in [-0.3, -0.25) is 14.9 Å². The fourth-order valence-electron chi connectivity index (χ4n) is 3.33. The summed E-state index contributed by atoms with van der Waals surface area (Å²) in [6.07, 6.45) is -0.427. The summed E-state index contributed by atoms with van der Waals surface area (Å²) in [5.41, 5.74) is 1.38. The van der Waals surface area contributed by atoms with Crippen molar-refractivity contribution < 1.29 is 19.2 Å². The van der Waals surface area contributed by atoms with Crippen molar-refractivity contribution in [1.82, 2.24) is 9.80 Å². The fraction of sp³-hybridized carbons (Fsp3) is 0.364. The number of carbonyl (C=O) groups is 2. The number of hydrogen-bond donors (Lipinski definition) is 0. The smallest absolute Gasteiger partial charge is 0.409 e. The van der Waals surface area contributed by atoms with Crippen LogP contribution in [-0.4, -0.2) is 60.0 Å². The van der Waals surface area contributed by atoms with Gasteiger partial charge in [0.2, 0.25) is 0 Å². The Balaban J connectivity index is 1.84. The second kappa shape index (κ2) is 9.82. The van der Waals surface area contributed by atoms with Crippen LogP contribution < -0.4 is 0 Å². The van der Waals surface area contributed by atoms with Crippen molar-refractivity contribution in [2.45, 2.75) is 29.6 Å². The van der Waals surface area contributed by atoms with E-state index in [-0.39, 0.29) is 11.6 Å². The molecule has 0 atom stereocenters. The molecule has 9 heteroatoms. The Morgan fingerprint density at radius 1 is 1.03 bits per heavy atom. The Kier molecular flexibility index (Phi) is 7.17. The molecule has 2 aromatic rings. The van der Waals surface area contributed by atoms with E-state index in [9.17, 15) is 19.7 Å². The molecule has 164 valence electrons. The highest BCUT2D eigenvalue weighted by Gasteiger charge is 2.27. The van der Waals surface area contributed by atoms with Crippen LogP contribution in [0.4, 0.5) is 10.5 Å². The van der Waals surface area contributed by atoms with E-state index in [4.69, 9.17) is 4.74 Å². The number of ether oxygens (including phenoxy) is 1. The van der Waals surface area contributed by atoms with Gasteiger partial charge in [0.05, 0.1) is 17.6 Å². The van der Waals surface area contributed by atoms with Gasteiger partial charge in [-0.2, -0.15) is 0 Å². The number of piperazine rings is 1. The molecule has 1 aliphatic rings. The number of benzene rings is 2. The summed E-state index contributed by atoms with van der Waals surface area (Å²) in [6, 6.07) is 12.4. The van der Waals surface area contributed by atoms with Crippen molar-refractivity contribution in [3.05, 3.63) is 63.7 Å². The molecule has 1 saturated heterocycles. The Morgan fingerprint density at radius 3 is 2.19 bits per heavy atom. The molecule has 0 saturated carbocycles. The van der Waals surface area contributed by atoms with Crippen molar-refractivity contribution in [3.63, 3.8) is 0 Å². The third-order valence-electron chi connectivity index (χ3n) is 5.18. The number of carbonyl (C=O) groups excluding carboxylic acids is 2. The molecule has 0 bridgehead atoms.